The molecule has 2 aromatic carbocycles. The van der Waals surface area contributed by atoms with Crippen LogP contribution in [-0.4, -0.2) is 70.0 Å². The van der Waals surface area contributed by atoms with Crippen LogP contribution in [0.3, 0.4) is 0 Å². The number of carbonyl (C=O) groups excluding carboxylic acids is 2. The SMILES string of the molecule is CN(C)CCCN1C(=O)C2Cc3c([nH]c4cc(F)ccc34)C(c3cccc(O)c3)N2C1=O. The highest BCUT2D eigenvalue weighted by molar-refractivity contribution is 6.05. The minimum atomic E-state index is -0.634. The first-order valence-corrected chi connectivity index (χ1v) is 10.7. The van der Waals surface area contributed by atoms with Gasteiger partial charge in [0.1, 0.15) is 23.7 Å². The van der Waals surface area contributed by atoms with Crippen molar-refractivity contribution in [3.05, 3.63) is 65.1 Å². The van der Waals surface area contributed by atoms with Crippen molar-refractivity contribution in [2.45, 2.75) is 24.9 Å². The van der Waals surface area contributed by atoms with Gasteiger partial charge < -0.3 is 15.0 Å². The van der Waals surface area contributed by atoms with Gasteiger partial charge in [0.2, 0.25) is 0 Å². The molecule has 2 N–H and O–H groups in total. The van der Waals surface area contributed by atoms with Gasteiger partial charge in [-0.1, -0.05) is 12.1 Å². The fourth-order valence-electron chi connectivity index (χ4n) is 4.95. The van der Waals surface area contributed by atoms with Crippen molar-refractivity contribution < 1.29 is 19.1 Å². The van der Waals surface area contributed by atoms with Crippen LogP contribution in [0.1, 0.15) is 29.3 Å². The Morgan fingerprint density at radius 1 is 1.19 bits per heavy atom. The Labute approximate surface area is 185 Å². The first-order valence-electron chi connectivity index (χ1n) is 10.7. The van der Waals surface area contributed by atoms with Gasteiger partial charge in [-0.3, -0.25) is 14.6 Å². The molecule has 0 saturated carbocycles. The standard InChI is InChI=1S/C24H25FN4O3/c1-27(2)9-4-10-28-23(31)20-13-18-17-8-7-15(25)12-19(17)26-21(18)22(29(20)24(28)32)14-5-3-6-16(30)11-14/h3,5-8,11-12,20,22,26,30H,4,9-10,13H2,1-2H3. The summed E-state index contributed by atoms with van der Waals surface area (Å²) in [5.41, 5.74) is 2.98. The molecular weight excluding hydrogens is 411 g/mol. The Morgan fingerprint density at radius 2 is 2.00 bits per heavy atom. The zero-order chi connectivity index (χ0) is 22.6. The zero-order valence-corrected chi connectivity index (χ0v) is 18.0. The molecule has 2 aliphatic rings. The lowest BCUT2D eigenvalue weighted by Gasteiger charge is -2.36. The molecule has 3 amide bonds. The quantitative estimate of drug-likeness (QED) is 0.602. The summed E-state index contributed by atoms with van der Waals surface area (Å²) in [5, 5.41) is 10.9. The van der Waals surface area contributed by atoms with Crippen LogP contribution in [0.25, 0.3) is 10.9 Å². The van der Waals surface area contributed by atoms with Crippen LogP contribution in [0.5, 0.6) is 5.75 Å². The van der Waals surface area contributed by atoms with Crippen LogP contribution in [0, 0.1) is 5.82 Å². The van der Waals surface area contributed by atoms with E-state index in [0.717, 1.165) is 23.2 Å². The van der Waals surface area contributed by atoms with E-state index in [2.05, 4.69) is 4.98 Å². The van der Waals surface area contributed by atoms with E-state index in [9.17, 15) is 19.1 Å². The number of benzene rings is 2. The molecule has 166 valence electrons. The second-order valence-corrected chi connectivity index (χ2v) is 8.76. The predicted molar refractivity (Wildman–Crippen MR) is 118 cm³/mol. The Balaban J connectivity index is 1.61. The van der Waals surface area contributed by atoms with E-state index in [1.165, 1.54) is 17.0 Å². The molecule has 0 bridgehead atoms. The molecule has 5 rings (SSSR count). The number of aromatic hydroxyl groups is 1. The van der Waals surface area contributed by atoms with E-state index in [0.29, 0.717) is 30.5 Å². The minimum absolute atomic E-state index is 0.0779. The second-order valence-electron chi connectivity index (χ2n) is 8.76. The molecule has 0 spiro atoms. The number of rotatable bonds is 5. The third-order valence-electron chi connectivity index (χ3n) is 6.36. The summed E-state index contributed by atoms with van der Waals surface area (Å²) in [6, 6.07) is 9.71. The van der Waals surface area contributed by atoms with Gasteiger partial charge in [-0.05, 0) is 68.5 Å². The molecule has 1 fully saturated rings. The van der Waals surface area contributed by atoms with Crippen LogP contribution in [0.15, 0.2) is 42.5 Å². The Bertz CT molecular complexity index is 1220. The second kappa shape index (κ2) is 7.63. The van der Waals surface area contributed by atoms with Crippen molar-refractivity contribution in [3.63, 3.8) is 0 Å². The maximum absolute atomic E-state index is 13.9. The molecule has 8 heteroatoms. The van der Waals surface area contributed by atoms with E-state index in [1.807, 2.05) is 25.1 Å². The number of urea groups is 1. The maximum atomic E-state index is 13.9. The zero-order valence-electron chi connectivity index (χ0n) is 18.0. The first kappa shape index (κ1) is 20.5. The summed E-state index contributed by atoms with van der Waals surface area (Å²) in [7, 11) is 3.91. The number of fused-ring (bicyclic) bond motifs is 4. The molecule has 1 saturated heterocycles. The third-order valence-corrected chi connectivity index (χ3v) is 6.36. The van der Waals surface area contributed by atoms with Gasteiger partial charge in [0.25, 0.3) is 5.91 Å². The summed E-state index contributed by atoms with van der Waals surface area (Å²) < 4.78 is 13.9. The molecule has 2 unspecified atom stereocenters. The van der Waals surface area contributed by atoms with E-state index >= 15 is 0 Å². The fraction of sp³-hybridized carbons (Fsp3) is 0.333. The largest absolute Gasteiger partial charge is 0.508 e. The van der Waals surface area contributed by atoms with Gasteiger partial charge in [-0.2, -0.15) is 0 Å². The van der Waals surface area contributed by atoms with Crippen LogP contribution in [0.2, 0.25) is 0 Å². The van der Waals surface area contributed by atoms with Crippen LogP contribution >= 0.6 is 0 Å². The number of H-pyrrole nitrogens is 1. The van der Waals surface area contributed by atoms with Crippen molar-refractivity contribution in [2.75, 3.05) is 27.2 Å². The van der Waals surface area contributed by atoms with E-state index in [4.69, 9.17) is 0 Å². The molecule has 3 aromatic rings. The van der Waals surface area contributed by atoms with Crippen LogP contribution < -0.4 is 0 Å². The highest BCUT2D eigenvalue weighted by Crippen LogP contribution is 2.44. The number of hydrogen-bond donors (Lipinski definition) is 2. The lowest BCUT2D eigenvalue weighted by Crippen LogP contribution is -2.44. The number of nitrogens with one attached hydrogen (secondary N) is 1. The predicted octanol–water partition coefficient (Wildman–Crippen LogP) is 3.24. The summed E-state index contributed by atoms with van der Waals surface area (Å²) in [6.07, 6.45) is 1.06. The number of phenols is 1. The molecule has 1 aromatic heterocycles. The number of aromatic nitrogens is 1. The lowest BCUT2D eigenvalue weighted by atomic mass is 9.89. The van der Waals surface area contributed by atoms with E-state index < -0.39 is 12.1 Å². The number of hydrogen-bond acceptors (Lipinski definition) is 4. The number of phenolic OH excluding ortho intramolecular Hbond substituents is 1. The average molecular weight is 436 g/mol. The third kappa shape index (κ3) is 3.22. The van der Waals surface area contributed by atoms with E-state index in [1.54, 1.807) is 29.2 Å². The Morgan fingerprint density at radius 3 is 2.75 bits per heavy atom. The summed E-state index contributed by atoms with van der Waals surface area (Å²) in [5.74, 6) is -0.486. The van der Waals surface area contributed by atoms with Gasteiger partial charge in [0.05, 0.1) is 0 Å². The minimum Gasteiger partial charge on any atom is -0.508 e. The van der Waals surface area contributed by atoms with Gasteiger partial charge >= 0.3 is 6.03 Å². The fourth-order valence-corrected chi connectivity index (χ4v) is 4.95. The number of carbonyl (C=O) groups is 2. The summed E-state index contributed by atoms with van der Waals surface area (Å²) in [6.45, 7) is 1.13. The van der Waals surface area contributed by atoms with Crippen molar-refractivity contribution >= 4 is 22.8 Å². The van der Waals surface area contributed by atoms with Gasteiger partial charge in [-0.15, -0.1) is 0 Å². The van der Waals surface area contributed by atoms with E-state index in [-0.39, 0.29) is 23.5 Å². The molecule has 7 nitrogen and oxygen atoms in total. The molecule has 2 aliphatic heterocycles. The number of halogens is 1. The molecule has 0 aliphatic carbocycles. The molecule has 32 heavy (non-hydrogen) atoms. The maximum Gasteiger partial charge on any atom is 0.328 e. The topological polar surface area (TPSA) is 79.9 Å². The molecular formula is C24H25FN4O3. The number of nitrogens with zero attached hydrogens (tertiary/aromatic N) is 3. The van der Waals surface area contributed by atoms with Gasteiger partial charge in [0, 0.05) is 29.6 Å². The highest BCUT2D eigenvalue weighted by Gasteiger charge is 2.52. The highest BCUT2D eigenvalue weighted by atomic mass is 19.1. The number of aromatic amines is 1. The van der Waals surface area contributed by atoms with Gasteiger partial charge in [-0.25, -0.2) is 9.18 Å². The van der Waals surface area contributed by atoms with Crippen molar-refractivity contribution in [2.24, 2.45) is 0 Å². The van der Waals surface area contributed by atoms with Crippen molar-refractivity contribution in [3.8, 4) is 5.75 Å². The average Bonchev–Trinajstić information content (AvgIpc) is 3.21. The summed E-state index contributed by atoms with van der Waals surface area (Å²) in [4.78, 5) is 35.0. The molecule has 3 heterocycles. The Kier molecular flexibility index (Phi) is 4.89. The molecule has 2 atom stereocenters. The first-order chi connectivity index (χ1) is 15.3. The smallest absolute Gasteiger partial charge is 0.328 e. The summed E-state index contributed by atoms with van der Waals surface area (Å²) >= 11 is 0. The lowest BCUT2D eigenvalue weighted by molar-refractivity contribution is -0.128. The monoisotopic (exact) mass is 436 g/mol. The molecule has 0 radical (unpaired) electrons. The van der Waals surface area contributed by atoms with Crippen LogP contribution in [-0.2, 0) is 11.2 Å². The van der Waals surface area contributed by atoms with Crippen molar-refractivity contribution in [1.82, 2.24) is 19.7 Å². The Hall–Kier alpha value is -3.39. The normalized spacial score (nSPS) is 20.4. The number of amides is 3. The van der Waals surface area contributed by atoms with Crippen LogP contribution in [0.4, 0.5) is 9.18 Å². The van der Waals surface area contributed by atoms with Gasteiger partial charge in [0.15, 0.2) is 0 Å². The van der Waals surface area contributed by atoms with Crippen molar-refractivity contribution in [1.29, 1.82) is 0 Å². The number of imide groups is 1.